The van der Waals surface area contributed by atoms with Crippen molar-refractivity contribution in [1.29, 1.82) is 0 Å². The first-order chi connectivity index (χ1) is 9.90. The van der Waals surface area contributed by atoms with Crippen LogP contribution < -0.4 is 5.32 Å². The summed E-state index contributed by atoms with van der Waals surface area (Å²) in [6.07, 6.45) is 10.9. The Morgan fingerprint density at radius 3 is 2.85 bits per heavy atom. The fourth-order valence-electron chi connectivity index (χ4n) is 3.39. The van der Waals surface area contributed by atoms with E-state index in [4.69, 9.17) is 4.98 Å². The first-order valence-corrected chi connectivity index (χ1v) is 10.1. The summed E-state index contributed by atoms with van der Waals surface area (Å²) >= 11 is 4.18. The third-order valence-electron chi connectivity index (χ3n) is 4.77. The number of fused-ring (bicyclic) bond motifs is 1. The van der Waals surface area contributed by atoms with Crippen molar-refractivity contribution in [1.82, 2.24) is 10.3 Å². The van der Waals surface area contributed by atoms with Crippen LogP contribution in [0.15, 0.2) is 0 Å². The molecule has 0 spiro atoms. The zero-order valence-electron chi connectivity index (χ0n) is 12.1. The van der Waals surface area contributed by atoms with Gasteiger partial charge in [0, 0.05) is 23.4 Å². The van der Waals surface area contributed by atoms with Gasteiger partial charge in [-0.3, -0.25) is 0 Å². The van der Waals surface area contributed by atoms with E-state index in [1.807, 2.05) is 11.3 Å². The molecule has 20 heavy (non-hydrogen) atoms. The molecular weight excluding hydrogens is 284 g/mol. The molecule has 1 aromatic rings. The third-order valence-corrected chi connectivity index (χ3v) is 7.55. The van der Waals surface area contributed by atoms with Crippen molar-refractivity contribution in [2.24, 2.45) is 0 Å². The second kappa shape index (κ2) is 5.98. The van der Waals surface area contributed by atoms with Crippen molar-refractivity contribution in [3.05, 3.63) is 15.6 Å². The van der Waals surface area contributed by atoms with Gasteiger partial charge in [0.15, 0.2) is 0 Å². The number of hydrogen-bond donors (Lipinski definition) is 1. The molecule has 0 aromatic carbocycles. The van der Waals surface area contributed by atoms with Crippen molar-refractivity contribution in [2.75, 3.05) is 12.3 Å². The maximum Gasteiger partial charge on any atom is 0.106 e. The van der Waals surface area contributed by atoms with E-state index in [2.05, 4.69) is 17.1 Å². The molecule has 1 saturated heterocycles. The molecule has 4 rings (SSSR count). The summed E-state index contributed by atoms with van der Waals surface area (Å²) in [7, 11) is 0. The first kappa shape index (κ1) is 13.6. The van der Waals surface area contributed by atoms with Crippen LogP contribution in [0, 0.1) is 0 Å². The summed E-state index contributed by atoms with van der Waals surface area (Å²) in [5.41, 5.74) is 1.47. The van der Waals surface area contributed by atoms with Gasteiger partial charge in [0.2, 0.25) is 0 Å². The molecule has 3 aliphatic rings. The molecule has 0 bridgehead atoms. The molecule has 2 fully saturated rings. The summed E-state index contributed by atoms with van der Waals surface area (Å²) in [6.45, 7) is 1.17. The molecule has 0 amide bonds. The number of nitrogens with zero attached hydrogens (tertiary/aromatic N) is 1. The zero-order valence-corrected chi connectivity index (χ0v) is 13.7. The van der Waals surface area contributed by atoms with Gasteiger partial charge in [-0.15, -0.1) is 11.3 Å². The molecular formula is C16H24N2S2. The Kier molecular flexibility index (Phi) is 4.06. The van der Waals surface area contributed by atoms with Crippen LogP contribution in [0.2, 0.25) is 0 Å². The highest BCUT2D eigenvalue weighted by Gasteiger charge is 2.29. The van der Waals surface area contributed by atoms with E-state index in [9.17, 15) is 0 Å². The molecule has 2 heterocycles. The number of thiazole rings is 1. The molecule has 2 atom stereocenters. The number of thioether (sulfide) groups is 1. The zero-order chi connectivity index (χ0) is 13.4. The molecule has 2 aliphatic carbocycles. The quantitative estimate of drug-likeness (QED) is 0.899. The van der Waals surface area contributed by atoms with Crippen molar-refractivity contribution in [3.63, 3.8) is 0 Å². The monoisotopic (exact) mass is 308 g/mol. The molecule has 2 nitrogen and oxygen atoms in total. The maximum atomic E-state index is 5.11. The van der Waals surface area contributed by atoms with Crippen molar-refractivity contribution < 1.29 is 0 Å². The van der Waals surface area contributed by atoms with Crippen molar-refractivity contribution in [3.8, 4) is 0 Å². The number of aryl methyl sites for hydroxylation is 1. The smallest absolute Gasteiger partial charge is 0.106 e. The Hall–Kier alpha value is -0.0600. The van der Waals surface area contributed by atoms with Crippen LogP contribution in [0.25, 0.3) is 0 Å². The van der Waals surface area contributed by atoms with Gasteiger partial charge in [-0.25, -0.2) is 4.98 Å². The Bertz CT molecular complexity index is 461. The van der Waals surface area contributed by atoms with E-state index in [1.165, 1.54) is 74.4 Å². The predicted octanol–water partition coefficient (Wildman–Crippen LogP) is 4.27. The lowest BCUT2D eigenvalue weighted by molar-refractivity contribution is 0.499. The van der Waals surface area contributed by atoms with E-state index >= 15 is 0 Å². The Labute approximate surface area is 130 Å². The lowest BCUT2D eigenvalue weighted by Gasteiger charge is -2.21. The molecule has 0 radical (unpaired) electrons. The summed E-state index contributed by atoms with van der Waals surface area (Å²) in [5.74, 6) is 2.03. The van der Waals surface area contributed by atoms with Crippen LogP contribution in [0.1, 0.15) is 71.7 Å². The van der Waals surface area contributed by atoms with Gasteiger partial charge in [0.25, 0.3) is 0 Å². The lowest BCUT2D eigenvalue weighted by Crippen LogP contribution is -2.25. The molecule has 1 saturated carbocycles. The van der Waals surface area contributed by atoms with Gasteiger partial charge in [-0.2, -0.15) is 11.8 Å². The molecule has 110 valence electrons. The van der Waals surface area contributed by atoms with Crippen molar-refractivity contribution in [2.45, 2.75) is 68.6 Å². The normalized spacial score (nSPS) is 30.2. The van der Waals surface area contributed by atoms with Gasteiger partial charge in [0.1, 0.15) is 5.01 Å². The third kappa shape index (κ3) is 2.93. The van der Waals surface area contributed by atoms with Crippen LogP contribution in [0.5, 0.6) is 0 Å². The number of rotatable bonds is 4. The van der Waals surface area contributed by atoms with E-state index < -0.39 is 0 Å². The number of nitrogens with one attached hydrogen (secondary N) is 1. The summed E-state index contributed by atoms with van der Waals surface area (Å²) < 4.78 is 0. The largest absolute Gasteiger partial charge is 0.313 e. The second-order valence-corrected chi connectivity index (χ2v) is 8.91. The summed E-state index contributed by atoms with van der Waals surface area (Å²) in [5, 5.41) is 5.86. The SMILES string of the molecule is C1CCC(c2nc3c(s2)CCCC3CNC2CC2)SC1. The van der Waals surface area contributed by atoms with Gasteiger partial charge in [0.05, 0.1) is 10.9 Å². The standard InChI is InChI=1S/C16H24N2S2/c1-2-9-19-14(5-1)16-18-15-11(10-17-12-7-8-12)4-3-6-13(15)20-16/h11-12,14,17H,1-10H2. The Balaban J connectivity index is 1.49. The van der Waals surface area contributed by atoms with Gasteiger partial charge in [-0.05, 0) is 50.7 Å². The van der Waals surface area contributed by atoms with Crippen LogP contribution >= 0.6 is 23.1 Å². The highest BCUT2D eigenvalue weighted by molar-refractivity contribution is 7.99. The maximum absolute atomic E-state index is 5.11. The van der Waals surface area contributed by atoms with E-state index in [-0.39, 0.29) is 0 Å². The first-order valence-electron chi connectivity index (χ1n) is 8.24. The highest BCUT2D eigenvalue weighted by atomic mass is 32.2. The van der Waals surface area contributed by atoms with Crippen LogP contribution in [-0.2, 0) is 6.42 Å². The Morgan fingerprint density at radius 2 is 2.05 bits per heavy atom. The minimum atomic E-state index is 0.693. The number of aromatic nitrogens is 1. The van der Waals surface area contributed by atoms with Gasteiger partial charge in [-0.1, -0.05) is 6.42 Å². The molecule has 2 unspecified atom stereocenters. The highest BCUT2D eigenvalue weighted by Crippen LogP contribution is 2.43. The van der Waals surface area contributed by atoms with Crippen LogP contribution in [0.3, 0.4) is 0 Å². The second-order valence-electron chi connectivity index (χ2n) is 6.49. The van der Waals surface area contributed by atoms with Gasteiger partial charge >= 0.3 is 0 Å². The minimum Gasteiger partial charge on any atom is -0.313 e. The molecule has 1 aliphatic heterocycles. The Morgan fingerprint density at radius 1 is 1.10 bits per heavy atom. The van der Waals surface area contributed by atoms with Gasteiger partial charge < -0.3 is 5.32 Å². The topological polar surface area (TPSA) is 24.9 Å². The lowest BCUT2D eigenvalue weighted by atomic mass is 9.91. The predicted molar refractivity (Wildman–Crippen MR) is 87.9 cm³/mol. The van der Waals surface area contributed by atoms with E-state index in [0.717, 1.165) is 6.04 Å². The van der Waals surface area contributed by atoms with Crippen LogP contribution in [0.4, 0.5) is 0 Å². The fraction of sp³-hybridized carbons (Fsp3) is 0.812. The van der Waals surface area contributed by atoms with Crippen LogP contribution in [-0.4, -0.2) is 23.3 Å². The fourth-order valence-corrected chi connectivity index (χ4v) is 6.14. The average molecular weight is 309 g/mol. The molecule has 1 aromatic heterocycles. The molecule has 4 heteroatoms. The summed E-state index contributed by atoms with van der Waals surface area (Å²) in [6, 6.07) is 0.826. The average Bonchev–Trinajstić information content (AvgIpc) is 3.22. The number of hydrogen-bond acceptors (Lipinski definition) is 4. The van der Waals surface area contributed by atoms with Crippen molar-refractivity contribution >= 4 is 23.1 Å². The van der Waals surface area contributed by atoms with E-state index in [1.54, 1.807) is 4.88 Å². The van der Waals surface area contributed by atoms with E-state index in [0.29, 0.717) is 11.2 Å². The minimum absolute atomic E-state index is 0.693. The molecule has 1 N–H and O–H groups in total. The summed E-state index contributed by atoms with van der Waals surface area (Å²) in [4.78, 5) is 6.72.